The van der Waals surface area contributed by atoms with E-state index in [9.17, 15) is 18.0 Å². The molecule has 1 aliphatic carbocycles. The summed E-state index contributed by atoms with van der Waals surface area (Å²) in [5.74, 6) is -0.631. The van der Waals surface area contributed by atoms with E-state index in [4.69, 9.17) is 0 Å². The summed E-state index contributed by atoms with van der Waals surface area (Å²) in [4.78, 5) is 29.2. The minimum atomic E-state index is -4.08. The fourth-order valence-electron chi connectivity index (χ4n) is 5.39. The molecule has 224 valence electrons. The number of sulfonamides is 1. The zero-order chi connectivity index (χ0) is 30.3. The Bertz CT molecular complexity index is 1470. The maximum Gasteiger partial charge on any atom is 0.264 e. The molecule has 8 heteroatoms. The van der Waals surface area contributed by atoms with Gasteiger partial charge < -0.3 is 10.2 Å². The molecule has 3 aromatic rings. The van der Waals surface area contributed by atoms with Crippen molar-refractivity contribution in [2.45, 2.75) is 83.2 Å². The number of aryl methyl sites for hydroxylation is 3. The molecular formula is C34H43N3O4S. The van der Waals surface area contributed by atoms with E-state index in [0.29, 0.717) is 12.1 Å². The van der Waals surface area contributed by atoms with Crippen LogP contribution in [0.3, 0.4) is 0 Å². The van der Waals surface area contributed by atoms with Gasteiger partial charge in [0.2, 0.25) is 11.8 Å². The molecule has 0 radical (unpaired) electrons. The molecule has 0 heterocycles. The van der Waals surface area contributed by atoms with Crippen LogP contribution in [-0.2, 0) is 26.0 Å². The van der Waals surface area contributed by atoms with E-state index in [-0.39, 0.29) is 23.4 Å². The van der Waals surface area contributed by atoms with E-state index in [0.717, 1.165) is 47.9 Å². The molecule has 0 aromatic heterocycles. The largest absolute Gasteiger partial charge is 0.352 e. The van der Waals surface area contributed by atoms with Gasteiger partial charge in [-0.2, -0.15) is 0 Å². The average Bonchev–Trinajstić information content (AvgIpc) is 2.98. The van der Waals surface area contributed by atoms with Crippen LogP contribution in [0, 0.1) is 20.8 Å². The van der Waals surface area contributed by atoms with E-state index < -0.39 is 28.5 Å². The van der Waals surface area contributed by atoms with Crippen LogP contribution in [0.15, 0.2) is 77.7 Å². The number of amides is 2. The topological polar surface area (TPSA) is 86.8 Å². The van der Waals surface area contributed by atoms with Crippen molar-refractivity contribution in [3.05, 3.63) is 95.1 Å². The van der Waals surface area contributed by atoms with Gasteiger partial charge in [-0.25, -0.2) is 8.42 Å². The van der Waals surface area contributed by atoms with Crippen molar-refractivity contribution in [1.29, 1.82) is 0 Å². The first-order valence-electron chi connectivity index (χ1n) is 14.9. The van der Waals surface area contributed by atoms with Gasteiger partial charge in [-0.05, 0) is 87.9 Å². The average molecular weight is 590 g/mol. The van der Waals surface area contributed by atoms with Gasteiger partial charge in [-0.3, -0.25) is 13.9 Å². The molecule has 1 atom stereocenters. The first-order valence-corrected chi connectivity index (χ1v) is 16.3. The van der Waals surface area contributed by atoms with Gasteiger partial charge >= 0.3 is 0 Å². The van der Waals surface area contributed by atoms with Gasteiger partial charge in [0.15, 0.2) is 0 Å². The first kappa shape index (κ1) is 31.3. The lowest BCUT2D eigenvalue weighted by molar-refractivity contribution is -0.139. The second-order valence-electron chi connectivity index (χ2n) is 11.4. The molecule has 7 nitrogen and oxygen atoms in total. The summed E-state index contributed by atoms with van der Waals surface area (Å²) in [7, 11) is -4.08. The first-order chi connectivity index (χ1) is 20.1. The number of hydrogen-bond donors (Lipinski definition) is 1. The van der Waals surface area contributed by atoms with Crippen molar-refractivity contribution in [2.24, 2.45) is 0 Å². The van der Waals surface area contributed by atoms with Crippen molar-refractivity contribution >= 4 is 27.5 Å². The van der Waals surface area contributed by atoms with Gasteiger partial charge in [0.25, 0.3) is 10.0 Å². The van der Waals surface area contributed by atoms with Crippen molar-refractivity contribution in [1.82, 2.24) is 10.2 Å². The van der Waals surface area contributed by atoms with Crippen LogP contribution < -0.4 is 9.62 Å². The molecule has 1 saturated carbocycles. The molecule has 3 aromatic carbocycles. The molecule has 1 N–H and O–H groups in total. The van der Waals surface area contributed by atoms with Crippen LogP contribution in [0.5, 0.6) is 0 Å². The molecule has 4 rings (SSSR count). The Kier molecular flexibility index (Phi) is 10.4. The third-order valence-corrected chi connectivity index (χ3v) is 10.1. The highest BCUT2D eigenvalue weighted by Crippen LogP contribution is 2.27. The SMILES string of the molecule is Cc1ccc(S(=O)(=O)N(CC(=O)N(CCc2ccccc2)[C@H](C)C(=O)NC2CCCCC2)c2ccc(C)c(C)c2)cc1. The zero-order valence-corrected chi connectivity index (χ0v) is 26.0. The molecule has 0 bridgehead atoms. The fraction of sp³-hybridized carbons (Fsp3) is 0.412. The third kappa shape index (κ3) is 7.79. The molecule has 0 unspecified atom stereocenters. The van der Waals surface area contributed by atoms with Crippen LogP contribution >= 0.6 is 0 Å². The van der Waals surface area contributed by atoms with Crippen LogP contribution in [0.4, 0.5) is 5.69 Å². The summed E-state index contributed by atoms with van der Waals surface area (Å²) in [6, 6.07) is 21.1. The number of carbonyl (C=O) groups is 2. The second-order valence-corrected chi connectivity index (χ2v) is 13.3. The predicted molar refractivity (Wildman–Crippen MR) is 168 cm³/mol. The van der Waals surface area contributed by atoms with E-state index in [1.807, 2.05) is 57.2 Å². The van der Waals surface area contributed by atoms with E-state index >= 15 is 0 Å². The van der Waals surface area contributed by atoms with Gasteiger partial charge in [0, 0.05) is 12.6 Å². The Morgan fingerprint density at radius 1 is 0.881 bits per heavy atom. The third-order valence-electron chi connectivity index (χ3n) is 8.27. The van der Waals surface area contributed by atoms with Crippen LogP contribution in [0.2, 0.25) is 0 Å². The fourth-order valence-corrected chi connectivity index (χ4v) is 6.79. The highest BCUT2D eigenvalue weighted by molar-refractivity contribution is 7.92. The number of rotatable bonds is 11. The summed E-state index contributed by atoms with van der Waals surface area (Å²) in [6.07, 6.45) is 5.75. The Hall–Kier alpha value is -3.65. The normalized spacial score (nSPS) is 14.7. The summed E-state index contributed by atoms with van der Waals surface area (Å²) in [6.45, 7) is 7.37. The minimum absolute atomic E-state index is 0.105. The van der Waals surface area contributed by atoms with Crippen molar-refractivity contribution in [3.63, 3.8) is 0 Å². The maximum absolute atomic E-state index is 14.1. The summed E-state index contributed by atoms with van der Waals surface area (Å²) in [5.41, 5.74) is 4.33. The van der Waals surface area contributed by atoms with Gasteiger partial charge in [0.1, 0.15) is 12.6 Å². The molecule has 0 spiro atoms. The number of carbonyl (C=O) groups excluding carboxylic acids is 2. The molecular weight excluding hydrogens is 546 g/mol. The number of nitrogens with one attached hydrogen (secondary N) is 1. The predicted octanol–water partition coefficient (Wildman–Crippen LogP) is 5.72. The van der Waals surface area contributed by atoms with Gasteiger partial charge in [-0.15, -0.1) is 0 Å². The Morgan fingerprint density at radius 3 is 2.19 bits per heavy atom. The van der Waals surface area contributed by atoms with E-state index in [1.165, 1.54) is 15.6 Å². The quantitative estimate of drug-likeness (QED) is 0.310. The minimum Gasteiger partial charge on any atom is -0.352 e. The highest BCUT2D eigenvalue weighted by atomic mass is 32.2. The lowest BCUT2D eigenvalue weighted by Gasteiger charge is -2.33. The molecule has 2 amide bonds. The standard InChI is InChI=1S/C34H43N3O4S/c1-25-15-19-32(20-16-25)42(40,41)37(31-18-17-26(2)27(3)23-31)24-33(38)36(22-21-29-11-7-5-8-12-29)28(4)34(39)35-30-13-9-6-10-14-30/h5,7-8,11-12,15-20,23,28,30H,6,9-10,13-14,21-22,24H2,1-4H3,(H,35,39)/t28-/m1/s1. The Balaban J connectivity index is 1.65. The molecule has 42 heavy (non-hydrogen) atoms. The maximum atomic E-state index is 14.1. The van der Waals surface area contributed by atoms with Crippen molar-refractivity contribution < 1.29 is 18.0 Å². The smallest absolute Gasteiger partial charge is 0.264 e. The summed E-state index contributed by atoms with van der Waals surface area (Å²) in [5, 5.41) is 3.15. The number of nitrogens with zero attached hydrogens (tertiary/aromatic N) is 2. The van der Waals surface area contributed by atoms with E-state index in [1.54, 1.807) is 43.3 Å². The van der Waals surface area contributed by atoms with Gasteiger partial charge in [-0.1, -0.05) is 73.4 Å². The van der Waals surface area contributed by atoms with Crippen LogP contribution in [-0.4, -0.2) is 50.3 Å². The molecule has 0 aliphatic heterocycles. The van der Waals surface area contributed by atoms with E-state index in [2.05, 4.69) is 5.32 Å². The Labute approximate surface area is 251 Å². The zero-order valence-electron chi connectivity index (χ0n) is 25.2. The lowest BCUT2D eigenvalue weighted by Crippen LogP contribution is -2.53. The second kappa shape index (κ2) is 14.0. The number of anilines is 1. The molecule has 0 saturated heterocycles. The van der Waals surface area contributed by atoms with Crippen LogP contribution in [0.25, 0.3) is 0 Å². The number of benzene rings is 3. The molecule has 1 fully saturated rings. The van der Waals surface area contributed by atoms with Crippen molar-refractivity contribution in [2.75, 3.05) is 17.4 Å². The summed E-state index contributed by atoms with van der Waals surface area (Å²) >= 11 is 0. The molecule has 1 aliphatic rings. The monoisotopic (exact) mass is 589 g/mol. The summed E-state index contributed by atoms with van der Waals surface area (Å²) < 4.78 is 29.2. The Morgan fingerprint density at radius 2 is 1.55 bits per heavy atom. The van der Waals surface area contributed by atoms with Crippen LogP contribution in [0.1, 0.15) is 61.3 Å². The lowest BCUT2D eigenvalue weighted by atomic mass is 9.95. The highest BCUT2D eigenvalue weighted by Gasteiger charge is 2.33. The number of hydrogen-bond acceptors (Lipinski definition) is 4. The van der Waals surface area contributed by atoms with Crippen molar-refractivity contribution in [3.8, 4) is 0 Å². The van der Waals surface area contributed by atoms with Gasteiger partial charge in [0.05, 0.1) is 10.6 Å².